The van der Waals surface area contributed by atoms with Crippen molar-refractivity contribution in [1.29, 1.82) is 0 Å². The summed E-state index contributed by atoms with van der Waals surface area (Å²) in [6.45, 7) is 0. The van der Waals surface area contributed by atoms with Crippen molar-refractivity contribution < 1.29 is 14.2 Å². The molecule has 10 heavy (non-hydrogen) atoms. The summed E-state index contributed by atoms with van der Waals surface area (Å²) in [5.74, 6) is 0.252. The first-order valence-electron chi connectivity index (χ1n) is 2.66. The van der Waals surface area contributed by atoms with Gasteiger partial charge in [0.2, 0.25) is 5.75 Å². The molecule has 1 aromatic carbocycles. The molecule has 0 aliphatic heterocycles. The average Bonchev–Trinajstić information content (AvgIpc) is 1.94. The number of phenols is 1. The number of para-hydroxylation sites is 2. The Balaban J connectivity index is 2.91. The summed E-state index contributed by atoms with van der Waals surface area (Å²) in [4.78, 5) is 0. The molecule has 1 atom stereocenters. The van der Waals surface area contributed by atoms with Gasteiger partial charge in [-0.2, -0.15) is 0 Å². The van der Waals surface area contributed by atoms with Crippen LogP contribution in [0.3, 0.4) is 0 Å². The lowest BCUT2D eigenvalue weighted by atomic mass is 10.3. The van der Waals surface area contributed by atoms with Gasteiger partial charge >= 0.3 is 8.69 Å². The smallest absolute Gasteiger partial charge is 0.504 e. The molecule has 0 spiro atoms. The fraction of sp³-hybridized carbons (Fsp3) is 0. The van der Waals surface area contributed by atoms with Crippen molar-refractivity contribution in [2.24, 2.45) is 0 Å². The van der Waals surface area contributed by atoms with E-state index in [1.54, 1.807) is 18.2 Å². The molecule has 0 aliphatic rings. The zero-order valence-electron chi connectivity index (χ0n) is 5.07. The summed E-state index contributed by atoms with van der Waals surface area (Å²) in [5.41, 5.74) is 0. The Kier molecular flexibility index (Phi) is 2.24. The van der Waals surface area contributed by atoms with Gasteiger partial charge in [0.05, 0.1) is 0 Å². The predicted octanol–water partition coefficient (Wildman–Crippen LogP) is 1.71. The van der Waals surface area contributed by atoms with Gasteiger partial charge in [0.1, 0.15) is 0 Å². The van der Waals surface area contributed by atoms with E-state index in [2.05, 4.69) is 4.52 Å². The summed E-state index contributed by atoms with van der Waals surface area (Å²) in [6, 6.07) is 6.36. The van der Waals surface area contributed by atoms with Gasteiger partial charge in [-0.05, 0) is 16.7 Å². The molecule has 1 rings (SSSR count). The molecular weight excluding hydrogens is 151 g/mol. The van der Waals surface area contributed by atoms with E-state index in [1.807, 2.05) is 0 Å². The highest BCUT2D eigenvalue weighted by Crippen LogP contribution is 2.26. The van der Waals surface area contributed by atoms with Crippen LogP contribution in [0.5, 0.6) is 11.5 Å². The quantitative estimate of drug-likeness (QED) is 0.664. The minimum absolute atomic E-state index is 0.00542. The molecule has 0 aromatic heterocycles. The topological polar surface area (TPSA) is 46.5 Å². The second-order valence-electron chi connectivity index (χ2n) is 1.65. The molecule has 3 nitrogen and oxygen atoms in total. The van der Waals surface area contributed by atoms with Gasteiger partial charge < -0.3 is 5.11 Å². The van der Waals surface area contributed by atoms with Crippen LogP contribution < -0.4 is 4.52 Å². The van der Waals surface area contributed by atoms with E-state index in [9.17, 15) is 4.57 Å². The van der Waals surface area contributed by atoms with Gasteiger partial charge in [-0.3, -0.25) is 4.52 Å². The van der Waals surface area contributed by atoms with E-state index < -0.39 is 8.69 Å². The maximum atomic E-state index is 9.95. The molecule has 0 amide bonds. The van der Waals surface area contributed by atoms with Crippen molar-refractivity contribution in [3.05, 3.63) is 24.3 Å². The standard InChI is InChI=1S/C6H5O3P/c7-5-3-1-2-4-6(5)9-10-8/h1-4,10H/p+1. The number of benzene rings is 1. The molecule has 0 saturated carbocycles. The number of hydrogen-bond acceptors (Lipinski definition) is 3. The predicted molar refractivity (Wildman–Crippen MR) is 37.7 cm³/mol. The van der Waals surface area contributed by atoms with E-state index in [0.717, 1.165) is 0 Å². The summed E-state index contributed by atoms with van der Waals surface area (Å²) in [5, 5.41) is 8.98. The minimum Gasteiger partial charge on any atom is -0.504 e. The molecule has 0 bridgehead atoms. The largest absolute Gasteiger partial charge is 0.542 e. The molecule has 0 saturated heterocycles. The molecule has 0 aliphatic carbocycles. The van der Waals surface area contributed by atoms with Gasteiger partial charge in [0, 0.05) is 0 Å². The first-order valence-corrected chi connectivity index (χ1v) is 3.48. The van der Waals surface area contributed by atoms with Gasteiger partial charge in [-0.15, -0.1) is 0 Å². The highest BCUT2D eigenvalue weighted by molar-refractivity contribution is 7.17. The zero-order chi connectivity index (χ0) is 7.40. The maximum Gasteiger partial charge on any atom is 0.542 e. The van der Waals surface area contributed by atoms with Crippen LogP contribution in [0, 0.1) is 0 Å². The van der Waals surface area contributed by atoms with Crippen LogP contribution in [0.25, 0.3) is 0 Å². The van der Waals surface area contributed by atoms with Crippen LogP contribution in [0.15, 0.2) is 24.3 Å². The Bertz CT molecular complexity index is 236. The number of hydrogen-bond donors (Lipinski definition) is 1. The second-order valence-corrected chi connectivity index (χ2v) is 2.02. The SMILES string of the molecule is O=[PH+]Oc1ccccc1O. The van der Waals surface area contributed by atoms with Crippen molar-refractivity contribution >= 4 is 8.69 Å². The fourth-order valence-corrected chi connectivity index (χ4v) is 0.851. The molecule has 1 aromatic rings. The fourth-order valence-electron chi connectivity index (χ4n) is 0.588. The van der Waals surface area contributed by atoms with E-state index in [-0.39, 0.29) is 11.5 Å². The van der Waals surface area contributed by atoms with Crippen molar-refractivity contribution in [2.75, 3.05) is 0 Å². The van der Waals surface area contributed by atoms with Gasteiger partial charge in [0.15, 0.2) is 5.75 Å². The molecular formula is C6H6O3P+. The Labute approximate surface area is 59.5 Å². The lowest BCUT2D eigenvalue weighted by molar-refractivity contribution is 0.441. The van der Waals surface area contributed by atoms with E-state index in [4.69, 9.17) is 5.11 Å². The normalized spacial score (nSPS) is 9.60. The van der Waals surface area contributed by atoms with Gasteiger partial charge in [-0.1, -0.05) is 12.1 Å². The van der Waals surface area contributed by atoms with Crippen molar-refractivity contribution in [2.45, 2.75) is 0 Å². The maximum absolute atomic E-state index is 9.95. The third-order valence-corrected chi connectivity index (χ3v) is 1.32. The van der Waals surface area contributed by atoms with Gasteiger partial charge in [0.25, 0.3) is 0 Å². The summed E-state index contributed by atoms with van der Waals surface area (Å²) >= 11 is 0. The van der Waals surface area contributed by atoms with E-state index in [0.29, 0.717) is 0 Å². The summed E-state index contributed by atoms with van der Waals surface area (Å²) < 4.78 is 14.5. The van der Waals surface area contributed by atoms with Gasteiger partial charge in [-0.25, -0.2) is 0 Å². The monoisotopic (exact) mass is 157 g/mol. The van der Waals surface area contributed by atoms with Crippen LogP contribution >= 0.6 is 8.69 Å². The molecule has 52 valence electrons. The van der Waals surface area contributed by atoms with Crippen LogP contribution in [0.1, 0.15) is 0 Å². The number of phenolic OH excluding ortho intramolecular Hbond substituents is 1. The molecule has 0 heterocycles. The molecule has 0 fully saturated rings. The van der Waals surface area contributed by atoms with Crippen molar-refractivity contribution in [3.8, 4) is 11.5 Å². The van der Waals surface area contributed by atoms with Crippen molar-refractivity contribution in [3.63, 3.8) is 0 Å². The second kappa shape index (κ2) is 3.18. The summed E-state index contributed by atoms with van der Waals surface area (Å²) in [6.07, 6.45) is 0. The Morgan fingerprint density at radius 1 is 1.40 bits per heavy atom. The minimum atomic E-state index is -0.878. The zero-order valence-corrected chi connectivity index (χ0v) is 6.07. The summed E-state index contributed by atoms with van der Waals surface area (Å²) in [7, 11) is -0.878. The van der Waals surface area contributed by atoms with Crippen LogP contribution in [0.2, 0.25) is 0 Å². The molecule has 1 unspecified atom stereocenters. The van der Waals surface area contributed by atoms with Crippen LogP contribution in [-0.2, 0) is 4.57 Å². The van der Waals surface area contributed by atoms with Crippen molar-refractivity contribution in [1.82, 2.24) is 0 Å². The van der Waals surface area contributed by atoms with Crippen LogP contribution in [-0.4, -0.2) is 5.11 Å². The third-order valence-electron chi connectivity index (χ3n) is 1.02. The lowest BCUT2D eigenvalue weighted by Gasteiger charge is -1.92. The average molecular weight is 157 g/mol. The number of rotatable bonds is 2. The molecule has 4 heteroatoms. The Morgan fingerprint density at radius 3 is 2.70 bits per heavy atom. The Morgan fingerprint density at radius 2 is 2.10 bits per heavy atom. The first kappa shape index (κ1) is 7.03. The Hall–Kier alpha value is -1.08. The lowest BCUT2D eigenvalue weighted by Crippen LogP contribution is -1.74. The third kappa shape index (κ3) is 1.45. The number of aromatic hydroxyl groups is 1. The van der Waals surface area contributed by atoms with E-state index in [1.165, 1.54) is 6.07 Å². The highest BCUT2D eigenvalue weighted by atomic mass is 31.1. The molecule has 1 N–H and O–H groups in total. The molecule has 0 radical (unpaired) electrons. The first-order chi connectivity index (χ1) is 4.84. The highest BCUT2D eigenvalue weighted by Gasteiger charge is 2.02. The van der Waals surface area contributed by atoms with E-state index >= 15 is 0 Å². The van der Waals surface area contributed by atoms with Crippen LogP contribution in [0.4, 0.5) is 0 Å².